The lowest BCUT2D eigenvalue weighted by atomic mass is 9.99. The standard InChI is InChI=1S/C14H21NO/c1-14(2)10-12-8-5-7-11(13(12)16-14)6-3-4-9-15/h5,7-8H,3-4,6,9-10,15H2,1-2H3. The molecule has 0 unspecified atom stereocenters. The van der Waals surface area contributed by atoms with Crippen LogP contribution in [0.1, 0.15) is 37.8 Å². The molecule has 0 spiro atoms. The highest BCUT2D eigenvalue weighted by molar-refractivity contribution is 5.45. The Morgan fingerprint density at radius 1 is 1.31 bits per heavy atom. The molecule has 2 rings (SSSR count). The number of aryl methyl sites for hydroxylation is 1. The molecule has 1 aromatic rings. The van der Waals surface area contributed by atoms with E-state index in [1.165, 1.54) is 11.1 Å². The van der Waals surface area contributed by atoms with Crippen molar-refractivity contribution >= 4 is 0 Å². The maximum atomic E-state index is 6.02. The fourth-order valence-corrected chi connectivity index (χ4v) is 2.34. The normalized spacial score (nSPS) is 16.9. The number of para-hydroxylation sites is 1. The van der Waals surface area contributed by atoms with Crippen LogP contribution in [0.2, 0.25) is 0 Å². The fourth-order valence-electron chi connectivity index (χ4n) is 2.34. The number of nitrogens with two attached hydrogens (primary N) is 1. The Kier molecular flexibility index (Phi) is 3.20. The van der Waals surface area contributed by atoms with Gasteiger partial charge in [-0.3, -0.25) is 0 Å². The molecular weight excluding hydrogens is 198 g/mol. The third-order valence-corrected chi connectivity index (χ3v) is 3.07. The zero-order valence-electron chi connectivity index (χ0n) is 10.3. The number of fused-ring (bicyclic) bond motifs is 1. The number of ether oxygens (including phenoxy) is 1. The largest absolute Gasteiger partial charge is 0.487 e. The maximum absolute atomic E-state index is 6.02. The van der Waals surface area contributed by atoms with Gasteiger partial charge in [0.25, 0.3) is 0 Å². The van der Waals surface area contributed by atoms with Crippen molar-refractivity contribution in [2.24, 2.45) is 5.73 Å². The van der Waals surface area contributed by atoms with E-state index in [9.17, 15) is 0 Å². The molecule has 1 aliphatic rings. The quantitative estimate of drug-likeness (QED) is 0.790. The van der Waals surface area contributed by atoms with Gasteiger partial charge in [-0.25, -0.2) is 0 Å². The van der Waals surface area contributed by atoms with Gasteiger partial charge in [-0.1, -0.05) is 18.2 Å². The molecule has 0 saturated carbocycles. The smallest absolute Gasteiger partial charge is 0.126 e. The van der Waals surface area contributed by atoms with E-state index in [-0.39, 0.29) is 5.60 Å². The van der Waals surface area contributed by atoms with Gasteiger partial charge in [0, 0.05) is 6.42 Å². The monoisotopic (exact) mass is 219 g/mol. The Labute approximate surface area is 97.8 Å². The van der Waals surface area contributed by atoms with Crippen LogP contribution in [0.4, 0.5) is 0 Å². The van der Waals surface area contributed by atoms with Gasteiger partial charge in [-0.15, -0.1) is 0 Å². The Bertz CT molecular complexity index is 371. The highest BCUT2D eigenvalue weighted by Gasteiger charge is 2.31. The molecule has 16 heavy (non-hydrogen) atoms. The van der Waals surface area contributed by atoms with Crippen LogP contribution in [0.25, 0.3) is 0 Å². The van der Waals surface area contributed by atoms with E-state index in [0.717, 1.165) is 38.0 Å². The van der Waals surface area contributed by atoms with Crippen molar-refractivity contribution in [3.8, 4) is 5.75 Å². The fraction of sp³-hybridized carbons (Fsp3) is 0.571. The third kappa shape index (κ3) is 2.38. The minimum absolute atomic E-state index is 0.0354. The van der Waals surface area contributed by atoms with E-state index < -0.39 is 0 Å². The second kappa shape index (κ2) is 4.46. The highest BCUT2D eigenvalue weighted by Crippen LogP contribution is 2.37. The van der Waals surface area contributed by atoms with Crippen LogP contribution >= 0.6 is 0 Å². The summed E-state index contributed by atoms with van der Waals surface area (Å²) in [5.74, 6) is 1.13. The van der Waals surface area contributed by atoms with E-state index in [4.69, 9.17) is 10.5 Å². The van der Waals surface area contributed by atoms with Gasteiger partial charge in [0.1, 0.15) is 11.4 Å². The van der Waals surface area contributed by atoms with Crippen molar-refractivity contribution in [3.63, 3.8) is 0 Å². The Hall–Kier alpha value is -1.02. The van der Waals surface area contributed by atoms with Crippen molar-refractivity contribution in [1.29, 1.82) is 0 Å². The van der Waals surface area contributed by atoms with E-state index in [2.05, 4.69) is 32.0 Å². The summed E-state index contributed by atoms with van der Waals surface area (Å²) in [6.07, 6.45) is 4.34. The van der Waals surface area contributed by atoms with Crippen LogP contribution in [-0.2, 0) is 12.8 Å². The summed E-state index contributed by atoms with van der Waals surface area (Å²) in [5.41, 5.74) is 8.18. The first-order valence-corrected chi connectivity index (χ1v) is 6.12. The molecule has 2 nitrogen and oxygen atoms in total. The van der Waals surface area contributed by atoms with Gasteiger partial charge in [-0.05, 0) is 50.8 Å². The minimum atomic E-state index is -0.0354. The molecule has 0 aliphatic carbocycles. The third-order valence-electron chi connectivity index (χ3n) is 3.07. The summed E-state index contributed by atoms with van der Waals surface area (Å²) in [6, 6.07) is 6.49. The van der Waals surface area contributed by atoms with Gasteiger partial charge in [-0.2, -0.15) is 0 Å². The van der Waals surface area contributed by atoms with Gasteiger partial charge < -0.3 is 10.5 Å². The second-order valence-electron chi connectivity index (χ2n) is 5.19. The molecule has 2 heteroatoms. The SMILES string of the molecule is CC1(C)Cc2cccc(CCCCN)c2O1. The molecule has 88 valence electrons. The number of benzene rings is 1. The lowest BCUT2D eigenvalue weighted by Gasteiger charge is -2.18. The van der Waals surface area contributed by atoms with Crippen LogP contribution in [0, 0.1) is 0 Å². The lowest BCUT2D eigenvalue weighted by Crippen LogP contribution is -2.24. The summed E-state index contributed by atoms with van der Waals surface area (Å²) in [7, 11) is 0. The highest BCUT2D eigenvalue weighted by atomic mass is 16.5. The summed E-state index contributed by atoms with van der Waals surface area (Å²) in [4.78, 5) is 0. The molecule has 0 saturated heterocycles. The molecule has 2 N–H and O–H groups in total. The first-order chi connectivity index (χ1) is 7.62. The summed E-state index contributed by atoms with van der Waals surface area (Å²) in [6.45, 7) is 5.08. The molecule has 0 atom stereocenters. The first-order valence-electron chi connectivity index (χ1n) is 6.12. The Balaban J connectivity index is 2.14. The molecular formula is C14H21NO. The van der Waals surface area contributed by atoms with Gasteiger partial charge in [0.15, 0.2) is 0 Å². The molecule has 0 fully saturated rings. The van der Waals surface area contributed by atoms with Gasteiger partial charge in [0.2, 0.25) is 0 Å². The molecule has 1 aromatic carbocycles. The lowest BCUT2D eigenvalue weighted by molar-refractivity contribution is 0.137. The predicted molar refractivity (Wildman–Crippen MR) is 66.8 cm³/mol. The van der Waals surface area contributed by atoms with E-state index in [1.807, 2.05) is 0 Å². The topological polar surface area (TPSA) is 35.2 Å². The van der Waals surface area contributed by atoms with Crippen LogP contribution < -0.4 is 10.5 Å². The number of unbranched alkanes of at least 4 members (excludes halogenated alkanes) is 1. The zero-order valence-corrected chi connectivity index (χ0v) is 10.3. The summed E-state index contributed by atoms with van der Waals surface area (Å²) in [5, 5.41) is 0. The van der Waals surface area contributed by atoms with E-state index in [0.29, 0.717) is 0 Å². The molecule has 1 heterocycles. The van der Waals surface area contributed by atoms with Crippen LogP contribution in [0.5, 0.6) is 5.75 Å². The van der Waals surface area contributed by atoms with Crippen molar-refractivity contribution in [3.05, 3.63) is 29.3 Å². The van der Waals surface area contributed by atoms with Gasteiger partial charge in [0.05, 0.1) is 0 Å². The second-order valence-corrected chi connectivity index (χ2v) is 5.19. The average molecular weight is 219 g/mol. The zero-order chi connectivity index (χ0) is 11.6. The predicted octanol–water partition coefficient (Wildman–Crippen LogP) is 2.68. The average Bonchev–Trinajstić information content (AvgIpc) is 2.53. The van der Waals surface area contributed by atoms with E-state index >= 15 is 0 Å². The van der Waals surface area contributed by atoms with Crippen LogP contribution in [0.3, 0.4) is 0 Å². The Morgan fingerprint density at radius 2 is 2.12 bits per heavy atom. The molecule has 0 aromatic heterocycles. The number of hydrogen-bond donors (Lipinski definition) is 1. The molecule has 0 amide bonds. The summed E-state index contributed by atoms with van der Waals surface area (Å²) >= 11 is 0. The number of rotatable bonds is 4. The van der Waals surface area contributed by atoms with Gasteiger partial charge >= 0.3 is 0 Å². The minimum Gasteiger partial charge on any atom is -0.487 e. The molecule has 1 aliphatic heterocycles. The van der Waals surface area contributed by atoms with Crippen molar-refractivity contribution < 1.29 is 4.74 Å². The van der Waals surface area contributed by atoms with Crippen LogP contribution in [-0.4, -0.2) is 12.1 Å². The van der Waals surface area contributed by atoms with Crippen molar-refractivity contribution in [2.75, 3.05) is 6.54 Å². The Morgan fingerprint density at radius 3 is 2.88 bits per heavy atom. The van der Waals surface area contributed by atoms with E-state index in [1.54, 1.807) is 0 Å². The summed E-state index contributed by atoms with van der Waals surface area (Å²) < 4.78 is 6.02. The number of hydrogen-bond acceptors (Lipinski definition) is 2. The van der Waals surface area contributed by atoms with Crippen LogP contribution in [0.15, 0.2) is 18.2 Å². The first kappa shape index (κ1) is 11.5. The van der Waals surface area contributed by atoms with Crippen molar-refractivity contribution in [2.45, 2.75) is 45.1 Å². The molecule has 0 radical (unpaired) electrons. The maximum Gasteiger partial charge on any atom is 0.126 e. The van der Waals surface area contributed by atoms with Crippen molar-refractivity contribution in [1.82, 2.24) is 0 Å². The molecule has 0 bridgehead atoms.